The Hall–Kier alpha value is -0.570. The first-order valence-electron chi connectivity index (χ1n) is 5.62. The van der Waals surface area contributed by atoms with Crippen molar-refractivity contribution in [2.75, 3.05) is 6.61 Å². The monoisotopic (exact) mass is 197 g/mol. The van der Waals surface area contributed by atoms with E-state index in [1.165, 1.54) is 0 Å². The van der Waals surface area contributed by atoms with Crippen LogP contribution in [0.4, 0.5) is 0 Å². The predicted octanol–water partition coefficient (Wildman–Crippen LogP) is 1.06. The molecule has 3 atom stereocenters. The zero-order valence-electron chi connectivity index (χ0n) is 8.75. The molecular formula is C11H19NO2. The molecule has 14 heavy (non-hydrogen) atoms. The van der Waals surface area contributed by atoms with Crippen molar-refractivity contribution in [3.05, 3.63) is 0 Å². The van der Waals surface area contributed by atoms with E-state index in [1.54, 1.807) is 0 Å². The number of nitrogens with one attached hydrogen (secondary N) is 1. The summed E-state index contributed by atoms with van der Waals surface area (Å²) in [6.07, 6.45) is 4.80. The SMILES string of the molecule is CCCC(=O)NC1CCC2(CO)CC12. The fourth-order valence-corrected chi connectivity index (χ4v) is 2.82. The first-order valence-corrected chi connectivity index (χ1v) is 5.62. The molecule has 3 nitrogen and oxygen atoms in total. The second-order valence-electron chi connectivity index (χ2n) is 4.79. The van der Waals surface area contributed by atoms with E-state index in [0.29, 0.717) is 25.0 Å². The molecule has 2 N–H and O–H groups in total. The summed E-state index contributed by atoms with van der Waals surface area (Å²) >= 11 is 0. The number of hydrogen-bond acceptors (Lipinski definition) is 2. The molecule has 0 spiro atoms. The quantitative estimate of drug-likeness (QED) is 0.708. The highest BCUT2D eigenvalue weighted by atomic mass is 16.3. The van der Waals surface area contributed by atoms with Crippen molar-refractivity contribution in [2.24, 2.45) is 11.3 Å². The van der Waals surface area contributed by atoms with Crippen molar-refractivity contribution in [1.82, 2.24) is 5.32 Å². The molecule has 0 aromatic rings. The standard InChI is InChI=1S/C11H19NO2/c1-2-3-10(14)12-9-4-5-11(7-13)6-8(9)11/h8-9,13H,2-7H2,1H3,(H,12,14). The van der Waals surface area contributed by atoms with E-state index in [2.05, 4.69) is 5.32 Å². The number of carbonyl (C=O) groups is 1. The number of hydrogen-bond donors (Lipinski definition) is 2. The van der Waals surface area contributed by atoms with Crippen molar-refractivity contribution in [3.63, 3.8) is 0 Å². The largest absolute Gasteiger partial charge is 0.396 e. The fraction of sp³-hybridized carbons (Fsp3) is 0.909. The highest BCUT2D eigenvalue weighted by molar-refractivity contribution is 5.76. The summed E-state index contributed by atoms with van der Waals surface area (Å²) in [5.74, 6) is 0.742. The minimum Gasteiger partial charge on any atom is -0.396 e. The molecule has 0 radical (unpaired) electrons. The van der Waals surface area contributed by atoms with Gasteiger partial charge in [-0.25, -0.2) is 0 Å². The summed E-state index contributed by atoms with van der Waals surface area (Å²) in [4.78, 5) is 11.4. The molecular weight excluding hydrogens is 178 g/mol. The summed E-state index contributed by atoms with van der Waals surface area (Å²) in [7, 11) is 0. The van der Waals surface area contributed by atoms with Gasteiger partial charge in [0.25, 0.3) is 0 Å². The van der Waals surface area contributed by atoms with E-state index < -0.39 is 0 Å². The van der Waals surface area contributed by atoms with E-state index in [-0.39, 0.29) is 11.3 Å². The van der Waals surface area contributed by atoms with Crippen LogP contribution in [-0.2, 0) is 4.79 Å². The lowest BCUT2D eigenvalue weighted by Gasteiger charge is -2.13. The Balaban J connectivity index is 1.82. The Kier molecular flexibility index (Phi) is 2.52. The maximum absolute atomic E-state index is 11.4. The predicted molar refractivity (Wildman–Crippen MR) is 53.7 cm³/mol. The molecule has 3 heteroatoms. The number of fused-ring (bicyclic) bond motifs is 1. The topological polar surface area (TPSA) is 49.3 Å². The minimum absolute atomic E-state index is 0.179. The first-order chi connectivity index (χ1) is 6.72. The van der Waals surface area contributed by atoms with Crippen molar-refractivity contribution in [3.8, 4) is 0 Å². The highest BCUT2D eigenvalue weighted by Gasteiger charge is 2.61. The second kappa shape index (κ2) is 3.54. The van der Waals surface area contributed by atoms with E-state index in [0.717, 1.165) is 25.7 Å². The maximum atomic E-state index is 11.4. The second-order valence-corrected chi connectivity index (χ2v) is 4.79. The fourth-order valence-electron chi connectivity index (χ4n) is 2.82. The molecule has 0 aromatic carbocycles. The van der Waals surface area contributed by atoms with Crippen LogP contribution in [0.15, 0.2) is 0 Å². The third-order valence-corrected chi connectivity index (χ3v) is 3.83. The van der Waals surface area contributed by atoms with Gasteiger partial charge in [0.1, 0.15) is 0 Å². The van der Waals surface area contributed by atoms with Crippen LogP contribution in [0.3, 0.4) is 0 Å². The number of amides is 1. The van der Waals surface area contributed by atoms with Gasteiger partial charge in [-0.05, 0) is 37.0 Å². The highest BCUT2D eigenvalue weighted by Crippen LogP contribution is 2.63. The van der Waals surface area contributed by atoms with E-state index in [1.807, 2.05) is 6.92 Å². The minimum atomic E-state index is 0.179. The maximum Gasteiger partial charge on any atom is 0.220 e. The average molecular weight is 197 g/mol. The Bertz CT molecular complexity index is 241. The zero-order valence-corrected chi connectivity index (χ0v) is 8.75. The van der Waals surface area contributed by atoms with Crippen LogP contribution in [0, 0.1) is 11.3 Å². The molecule has 3 unspecified atom stereocenters. The molecule has 2 aliphatic rings. The van der Waals surface area contributed by atoms with Gasteiger partial charge in [-0.15, -0.1) is 0 Å². The van der Waals surface area contributed by atoms with E-state index in [4.69, 9.17) is 0 Å². The first kappa shape index (κ1) is 9.97. The van der Waals surface area contributed by atoms with Gasteiger partial charge in [0.15, 0.2) is 0 Å². The molecule has 2 fully saturated rings. The van der Waals surface area contributed by atoms with Crippen LogP contribution in [-0.4, -0.2) is 23.7 Å². The van der Waals surface area contributed by atoms with Crippen LogP contribution in [0.1, 0.15) is 39.0 Å². The summed E-state index contributed by atoms with van der Waals surface area (Å²) in [6, 6.07) is 0.348. The average Bonchev–Trinajstić information content (AvgIpc) is 2.81. The normalized spacial score (nSPS) is 39.3. The lowest BCUT2D eigenvalue weighted by Crippen LogP contribution is -2.34. The van der Waals surface area contributed by atoms with Crippen molar-refractivity contribution >= 4 is 5.91 Å². The third-order valence-electron chi connectivity index (χ3n) is 3.83. The van der Waals surface area contributed by atoms with Gasteiger partial charge < -0.3 is 10.4 Å². The smallest absolute Gasteiger partial charge is 0.220 e. The summed E-state index contributed by atoms with van der Waals surface area (Å²) in [5, 5.41) is 12.3. The van der Waals surface area contributed by atoms with Crippen LogP contribution in [0.25, 0.3) is 0 Å². The van der Waals surface area contributed by atoms with Crippen molar-refractivity contribution in [2.45, 2.75) is 45.1 Å². The number of aliphatic hydroxyl groups excluding tert-OH is 1. The Morgan fingerprint density at radius 2 is 2.43 bits per heavy atom. The number of aliphatic hydroxyl groups is 1. The third kappa shape index (κ3) is 1.54. The Morgan fingerprint density at radius 1 is 1.64 bits per heavy atom. The van der Waals surface area contributed by atoms with Crippen LogP contribution < -0.4 is 5.32 Å². The molecule has 0 saturated heterocycles. The molecule has 0 heterocycles. The molecule has 0 aliphatic heterocycles. The van der Waals surface area contributed by atoms with Gasteiger partial charge >= 0.3 is 0 Å². The van der Waals surface area contributed by atoms with Gasteiger partial charge in [0, 0.05) is 19.1 Å². The van der Waals surface area contributed by atoms with Gasteiger partial charge in [0.05, 0.1) is 0 Å². The van der Waals surface area contributed by atoms with Crippen LogP contribution in [0.2, 0.25) is 0 Å². The molecule has 0 bridgehead atoms. The Labute approximate surface area is 84.9 Å². The molecule has 2 aliphatic carbocycles. The van der Waals surface area contributed by atoms with Crippen LogP contribution in [0.5, 0.6) is 0 Å². The number of carbonyl (C=O) groups excluding carboxylic acids is 1. The van der Waals surface area contributed by atoms with Gasteiger partial charge in [-0.3, -0.25) is 4.79 Å². The van der Waals surface area contributed by atoms with E-state index >= 15 is 0 Å². The molecule has 1 amide bonds. The van der Waals surface area contributed by atoms with Gasteiger partial charge in [-0.2, -0.15) is 0 Å². The van der Waals surface area contributed by atoms with Gasteiger partial charge in [-0.1, -0.05) is 6.92 Å². The number of rotatable bonds is 4. The Morgan fingerprint density at radius 3 is 2.93 bits per heavy atom. The summed E-state index contributed by atoms with van der Waals surface area (Å²) in [6.45, 7) is 2.32. The summed E-state index contributed by atoms with van der Waals surface area (Å²) < 4.78 is 0. The molecule has 2 saturated carbocycles. The van der Waals surface area contributed by atoms with Crippen molar-refractivity contribution in [1.29, 1.82) is 0 Å². The van der Waals surface area contributed by atoms with Crippen LogP contribution >= 0.6 is 0 Å². The van der Waals surface area contributed by atoms with Gasteiger partial charge in [0.2, 0.25) is 5.91 Å². The summed E-state index contributed by atoms with van der Waals surface area (Å²) in [5.41, 5.74) is 0.199. The molecule has 80 valence electrons. The zero-order chi connectivity index (χ0) is 10.2. The molecule has 2 rings (SSSR count). The lowest BCUT2D eigenvalue weighted by atomic mass is 10.1. The van der Waals surface area contributed by atoms with E-state index in [9.17, 15) is 9.90 Å². The van der Waals surface area contributed by atoms with Crippen molar-refractivity contribution < 1.29 is 9.90 Å². The molecule has 0 aromatic heterocycles. The lowest BCUT2D eigenvalue weighted by molar-refractivity contribution is -0.121.